The molecule has 0 radical (unpaired) electrons. The zero-order chi connectivity index (χ0) is 14.8. The summed E-state index contributed by atoms with van der Waals surface area (Å²) in [5, 5.41) is 0.347. The molecular formula is C14H13ClFNO2S. The summed E-state index contributed by atoms with van der Waals surface area (Å²) in [6, 6.07) is 12.4. The zero-order valence-corrected chi connectivity index (χ0v) is 12.3. The molecule has 106 valence electrons. The van der Waals surface area contributed by atoms with E-state index in [1.54, 1.807) is 36.4 Å². The van der Waals surface area contributed by atoms with E-state index in [1.165, 1.54) is 16.4 Å². The maximum Gasteiger partial charge on any atom is 0.232 e. The second-order valence-corrected chi connectivity index (χ2v) is 6.66. The highest BCUT2D eigenvalue weighted by atomic mass is 35.5. The molecule has 0 unspecified atom stereocenters. The summed E-state index contributed by atoms with van der Waals surface area (Å²) in [4.78, 5) is 0. The van der Waals surface area contributed by atoms with Crippen LogP contribution in [0.4, 0.5) is 10.1 Å². The van der Waals surface area contributed by atoms with Crippen LogP contribution in [0.3, 0.4) is 0 Å². The summed E-state index contributed by atoms with van der Waals surface area (Å²) >= 11 is 6.05. The topological polar surface area (TPSA) is 37.4 Å². The number of para-hydroxylation sites is 1. The van der Waals surface area contributed by atoms with Crippen molar-refractivity contribution in [1.29, 1.82) is 0 Å². The molecule has 0 fully saturated rings. The summed E-state index contributed by atoms with van der Waals surface area (Å²) in [5.74, 6) is -0.364. The van der Waals surface area contributed by atoms with Gasteiger partial charge in [-0.15, -0.1) is 0 Å². The normalized spacial score (nSPS) is 11.3. The van der Waals surface area contributed by atoms with Crippen LogP contribution in [0.1, 0.15) is 5.56 Å². The first-order valence-electron chi connectivity index (χ1n) is 5.84. The second-order valence-electron chi connectivity index (χ2n) is 4.35. The van der Waals surface area contributed by atoms with Gasteiger partial charge in [0.15, 0.2) is 0 Å². The first-order valence-corrected chi connectivity index (χ1v) is 8.07. The number of hydrogen-bond acceptors (Lipinski definition) is 2. The van der Waals surface area contributed by atoms with Crippen LogP contribution in [0.15, 0.2) is 48.5 Å². The highest BCUT2D eigenvalue weighted by Gasteiger charge is 2.20. The molecule has 0 aliphatic carbocycles. The van der Waals surface area contributed by atoms with Crippen molar-refractivity contribution in [2.45, 2.75) is 6.54 Å². The van der Waals surface area contributed by atoms with Gasteiger partial charge in [0.25, 0.3) is 0 Å². The zero-order valence-electron chi connectivity index (χ0n) is 10.8. The molecule has 3 nitrogen and oxygen atoms in total. The van der Waals surface area contributed by atoms with Crippen LogP contribution in [0.25, 0.3) is 0 Å². The molecule has 0 aliphatic heterocycles. The molecule has 0 saturated heterocycles. The quantitative estimate of drug-likeness (QED) is 0.867. The molecule has 0 saturated carbocycles. The lowest BCUT2D eigenvalue weighted by molar-refractivity contribution is 0.596. The summed E-state index contributed by atoms with van der Waals surface area (Å²) in [6.07, 6.45) is 1.11. The van der Waals surface area contributed by atoms with Gasteiger partial charge in [0.1, 0.15) is 5.82 Å². The van der Waals surface area contributed by atoms with Crippen molar-refractivity contribution in [3.05, 3.63) is 64.9 Å². The van der Waals surface area contributed by atoms with Gasteiger partial charge in [-0.05, 0) is 29.8 Å². The Kier molecular flexibility index (Phi) is 4.30. The molecule has 0 aliphatic rings. The average molecular weight is 314 g/mol. The number of hydrogen-bond donors (Lipinski definition) is 0. The van der Waals surface area contributed by atoms with Gasteiger partial charge in [-0.25, -0.2) is 12.8 Å². The lowest BCUT2D eigenvalue weighted by Crippen LogP contribution is -2.29. The van der Waals surface area contributed by atoms with Crippen molar-refractivity contribution >= 4 is 27.3 Å². The third-order valence-electron chi connectivity index (χ3n) is 2.76. The third kappa shape index (κ3) is 3.49. The van der Waals surface area contributed by atoms with E-state index in [4.69, 9.17) is 11.6 Å². The monoisotopic (exact) mass is 313 g/mol. The molecule has 0 amide bonds. The Balaban J connectivity index is 2.40. The largest absolute Gasteiger partial charge is 0.265 e. The maximum absolute atomic E-state index is 12.9. The maximum atomic E-state index is 12.9. The number of halogens is 2. The van der Waals surface area contributed by atoms with Crippen LogP contribution in [0, 0.1) is 5.82 Å². The molecule has 2 aromatic carbocycles. The van der Waals surface area contributed by atoms with Gasteiger partial charge >= 0.3 is 0 Å². The minimum Gasteiger partial charge on any atom is -0.265 e. The fourth-order valence-corrected chi connectivity index (χ4v) is 2.98. The fourth-order valence-electron chi connectivity index (χ4n) is 1.79. The van der Waals surface area contributed by atoms with Gasteiger partial charge in [0, 0.05) is 0 Å². The van der Waals surface area contributed by atoms with E-state index < -0.39 is 10.0 Å². The van der Waals surface area contributed by atoms with Crippen molar-refractivity contribution in [2.24, 2.45) is 0 Å². The molecule has 2 aromatic rings. The molecule has 6 heteroatoms. The molecule has 0 bridgehead atoms. The third-order valence-corrected chi connectivity index (χ3v) is 4.21. The molecule has 20 heavy (non-hydrogen) atoms. The van der Waals surface area contributed by atoms with Crippen LogP contribution in [-0.4, -0.2) is 14.7 Å². The van der Waals surface area contributed by atoms with Crippen molar-refractivity contribution in [3.63, 3.8) is 0 Å². The Morgan fingerprint density at radius 2 is 1.70 bits per heavy atom. The highest BCUT2D eigenvalue weighted by Crippen LogP contribution is 2.28. The minimum atomic E-state index is -3.49. The van der Waals surface area contributed by atoms with Crippen LogP contribution >= 0.6 is 11.6 Å². The van der Waals surface area contributed by atoms with Crippen molar-refractivity contribution < 1.29 is 12.8 Å². The standard InChI is InChI=1S/C14H13ClFNO2S/c1-20(18,19)17(14-5-3-2-4-13(14)15)10-11-6-8-12(16)9-7-11/h2-9H,10H2,1H3. The van der Waals surface area contributed by atoms with Gasteiger partial charge in [0.05, 0.1) is 23.5 Å². The summed E-state index contributed by atoms with van der Waals surface area (Å²) in [5.41, 5.74) is 1.08. The molecule has 0 aromatic heterocycles. The number of anilines is 1. The van der Waals surface area contributed by atoms with Crippen LogP contribution in [-0.2, 0) is 16.6 Å². The van der Waals surface area contributed by atoms with E-state index in [-0.39, 0.29) is 12.4 Å². The smallest absolute Gasteiger partial charge is 0.232 e. The number of sulfonamides is 1. The fraction of sp³-hybridized carbons (Fsp3) is 0.143. The number of nitrogens with zero attached hydrogens (tertiary/aromatic N) is 1. The average Bonchev–Trinajstić information content (AvgIpc) is 2.38. The van der Waals surface area contributed by atoms with E-state index in [0.29, 0.717) is 16.3 Å². The Morgan fingerprint density at radius 3 is 2.25 bits per heavy atom. The van der Waals surface area contributed by atoms with Gasteiger partial charge < -0.3 is 0 Å². The van der Waals surface area contributed by atoms with Crippen LogP contribution < -0.4 is 4.31 Å². The SMILES string of the molecule is CS(=O)(=O)N(Cc1ccc(F)cc1)c1ccccc1Cl. The summed E-state index contributed by atoms with van der Waals surface area (Å²) in [7, 11) is -3.49. The molecule has 0 heterocycles. The van der Waals surface area contributed by atoms with Crippen molar-refractivity contribution in [3.8, 4) is 0 Å². The Bertz CT molecular complexity index is 701. The van der Waals surface area contributed by atoms with Gasteiger partial charge in [-0.1, -0.05) is 35.9 Å². The lowest BCUT2D eigenvalue weighted by Gasteiger charge is -2.23. The van der Waals surface area contributed by atoms with Crippen molar-refractivity contribution in [2.75, 3.05) is 10.6 Å². The van der Waals surface area contributed by atoms with Crippen LogP contribution in [0.2, 0.25) is 5.02 Å². The minimum absolute atomic E-state index is 0.100. The number of benzene rings is 2. The first kappa shape index (κ1) is 14.8. The highest BCUT2D eigenvalue weighted by molar-refractivity contribution is 7.92. The molecule has 0 N–H and O–H groups in total. The van der Waals surface area contributed by atoms with Gasteiger partial charge in [-0.3, -0.25) is 4.31 Å². The molecule has 0 spiro atoms. The second kappa shape index (κ2) is 5.81. The molecular weight excluding hydrogens is 301 g/mol. The summed E-state index contributed by atoms with van der Waals surface area (Å²) in [6.45, 7) is 0.100. The van der Waals surface area contributed by atoms with Gasteiger partial charge in [-0.2, -0.15) is 0 Å². The molecule has 0 atom stereocenters. The summed E-state index contributed by atoms with van der Waals surface area (Å²) < 4.78 is 38.0. The van der Waals surface area contributed by atoms with E-state index in [2.05, 4.69) is 0 Å². The van der Waals surface area contributed by atoms with E-state index in [0.717, 1.165) is 6.26 Å². The Labute approximate surface area is 122 Å². The van der Waals surface area contributed by atoms with E-state index in [1.807, 2.05) is 0 Å². The Hall–Kier alpha value is -1.59. The first-order chi connectivity index (χ1) is 9.38. The Morgan fingerprint density at radius 1 is 1.10 bits per heavy atom. The van der Waals surface area contributed by atoms with Gasteiger partial charge in [0.2, 0.25) is 10.0 Å². The number of rotatable bonds is 4. The molecule has 2 rings (SSSR count). The van der Waals surface area contributed by atoms with Crippen molar-refractivity contribution in [1.82, 2.24) is 0 Å². The van der Waals surface area contributed by atoms with E-state index in [9.17, 15) is 12.8 Å². The van der Waals surface area contributed by atoms with E-state index >= 15 is 0 Å². The van der Waals surface area contributed by atoms with Crippen LogP contribution in [0.5, 0.6) is 0 Å². The predicted molar refractivity (Wildman–Crippen MR) is 78.9 cm³/mol. The lowest BCUT2D eigenvalue weighted by atomic mass is 10.2. The predicted octanol–water partition coefficient (Wildman–Crippen LogP) is 3.45.